The quantitative estimate of drug-likeness (QED) is 0.650. The van der Waals surface area contributed by atoms with Gasteiger partial charge in [0.25, 0.3) is 0 Å². The van der Waals surface area contributed by atoms with Crippen LogP contribution < -0.4 is 5.32 Å². The molecule has 2 aromatic heterocycles. The lowest BCUT2D eigenvalue weighted by molar-refractivity contribution is -0.130. The van der Waals surface area contributed by atoms with Crippen molar-refractivity contribution in [1.82, 2.24) is 20.2 Å². The Morgan fingerprint density at radius 3 is 2.65 bits per heavy atom. The lowest BCUT2D eigenvalue weighted by Gasteiger charge is -2.36. The van der Waals surface area contributed by atoms with E-state index in [4.69, 9.17) is 10.7 Å². The molecule has 0 bridgehead atoms. The van der Waals surface area contributed by atoms with Crippen molar-refractivity contribution in [3.63, 3.8) is 0 Å². The van der Waals surface area contributed by atoms with Gasteiger partial charge in [-0.15, -0.1) is 11.3 Å². The Morgan fingerprint density at radius 1 is 1.23 bits per heavy atom. The number of guanidine groups is 1. The van der Waals surface area contributed by atoms with Gasteiger partial charge in [0.2, 0.25) is 5.91 Å². The SMILES string of the molecule is CC(C)c1ccc([C@@H]2C(=O)N(C)C(=N)N[C@@H]2c2ncc(-c3cncc(C#N)c3)s2)cc1. The maximum atomic E-state index is 13.2. The molecule has 31 heavy (non-hydrogen) atoms. The number of amides is 1. The molecular weight excluding hydrogens is 408 g/mol. The van der Waals surface area contributed by atoms with E-state index in [9.17, 15) is 4.79 Å². The molecule has 4 rings (SSSR count). The highest BCUT2D eigenvalue weighted by atomic mass is 32.1. The summed E-state index contributed by atoms with van der Waals surface area (Å²) in [5.74, 6) is -0.186. The molecule has 0 saturated carbocycles. The number of pyridine rings is 1. The summed E-state index contributed by atoms with van der Waals surface area (Å²) >= 11 is 1.43. The second kappa shape index (κ2) is 8.28. The Balaban J connectivity index is 1.72. The Kier molecular flexibility index (Phi) is 5.53. The van der Waals surface area contributed by atoms with Crippen molar-refractivity contribution >= 4 is 23.2 Å². The third-order valence-electron chi connectivity index (χ3n) is 5.46. The molecule has 8 heteroatoms. The highest BCUT2D eigenvalue weighted by molar-refractivity contribution is 7.15. The fraction of sp³-hybridized carbons (Fsp3) is 0.261. The van der Waals surface area contributed by atoms with Crippen molar-refractivity contribution < 1.29 is 4.79 Å². The van der Waals surface area contributed by atoms with Crippen LogP contribution in [-0.4, -0.2) is 33.8 Å². The van der Waals surface area contributed by atoms with Crippen molar-refractivity contribution in [3.8, 4) is 16.5 Å². The van der Waals surface area contributed by atoms with Gasteiger partial charge in [0.05, 0.1) is 22.4 Å². The summed E-state index contributed by atoms with van der Waals surface area (Å²) in [5, 5.41) is 21.2. The monoisotopic (exact) mass is 430 g/mol. The van der Waals surface area contributed by atoms with Gasteiger partial charge in [0, 0.05) is 31.2 Å². The van der Waals surface area contributed by atoms with Crippen LogP contribution in [0, 0.1) is 16.7 Å². The minimum Gasteiger partial charge on any atom is -0.346 e. The van der Waals surface area contributed by atoms with Crippen molar-refractivity contribution in [1.29, 1.82) is 10.7 Å². The minimum atomic E-state index is -0.497. The first kappa shape index (κ1) is 20.7. The molecule has 1 aromatic carbocycles. The number of hydrogen-bond donors (Lipinski definition) is 2. The fourth-order valence-corrected chi connectivity index (χ4v) is 4.60. The minimum absolute atomic E-state index is 0.0509. The van der Waals surface area contributed by atoms with Gasteiger partial charge in [-0.2, -0.15) is 5.26 Å². The predicted molar refractivity (Wildman–Crippen MR) is 120 cm³/mol. The number of nitrogens with one attached hydrogen (secondary N) is 2. The Hall–Kier alpha value is -3.57. The van der Waals surface area contributed by atoms with Crippen molar-refractivity contribution in [3.05, 3.63) is 70.6 Å². The van der Waals surface area contributed by atoms with Gasteiger partial charge >= 0.3 is 0 Å². The lowest BCUT2D eigenvalue weighted by Crippen LogP contribution is -2.53. The van der Waals surface area contributed by atoms with Crippen LogP contribution in [-0.2, 0) is 4.79 Å². The molecule has 1 aliphatic rings. The first-order valence-corrected chi connectivity index (χ1v) is 10.7. The molecule has 3 heterocycles. The molecule has 2 atom stereocenters. The number of carbonyl (C=O) groups excluding carboxylic acids is 1. The number of thiazole rings is 1. The van der Waals surface area contributed by atoms with Gasteiger partial charge < -0.3 is 5.32 Å². The van der Waals surface area contributed by atoms with Gasteiger partial charge in [-0.25, -0.2) is 4.98 Å². The third kappa shape index (κ3) is 3.92. The van der Waals surface area contributed by atoms with Crippen LogP contribution >= 0.6 is 11.3 Å². The number of benzene rings is 1. The van der Waals surface area contributed by atoms with E-state index in [1.807, 2.05) is 12.1 Å². The number of nitriles is 1. The topological polar surface area (TPSA) is 106 Å². The molecule has 1 saturated heterocycles. The molecule has 3 aromatic rings. The van der Waals surface area contributed by atoms with E-state index in [1.165, 1.54) is 28.0 Å². The molecular formula is C23H22N6OS. The molecule has 0 radical (unpaired) electrons. The number of aromatic nitrogens is 2. The molecule has 1 amide bonds. The van der Waals surface area contributed by atoms with E-state index in [2.05, 4.69) is 47.3 Å². The number of nitrogens with zero attached hydrogens (tertiary/aromatic N) is 4. The van der Waals surface area contributed by atoms with Crippen molar-refractivity contribution in [2.75, 3.05) is 7.05 Å². The summed E-state index contributed by atoms with van der Waals surface area (Å²) in [6.07, 6.45) is 4.93. The molecule has 0 unspecified atom stereocenters. The highest BCUT2D eigenvalue weighted by Gasteiger charge is 2.41. The van der Waals surface area contributed by atoms with Crippen LogP contribution in [0.5, 0.6) is 0 Å². The van der Waals surface area contributed by atoms with Crippen molar-refractivity contribution in [2.45, 2.75) is 31.7 Å². The highest BCUT2D eigenvalue weighted by Crippen LogP contribution is 2.39. The normalized spacial score (nSPS) is 18.7. The maximum Gasteiger partial charge on any atom is 0.239 e. The Bertz CT molecular complexity index is 1180. The molecule has 0 spiro atoms. The summed E-state index contributed by atoms with van der Waals surface area (Å²) in [7, 11) is 1.61. The number of carbonyl (C=O) groups is 1. The van der Waals surface area contributed by atoms with E-state index in [-0.39, 0.29) is 11.9 Å². The van der Waals surface area contributed by atoms with Gasteiger partial charge in [-0.05, 0) is 23.1 Å². The largest absolute Gasteiger partial charge is 0.346 e. The molecule has 156 valence electrons. The zero-order valence-corrected chi connectivity index (χ0v) is 18.3. The van der Waals surface area contributed by atoms with Crippen LogP contribution in [0.3, 0.4) is 0 Å². The first-order chi connectivity index (χ1) is 14.9. The molecule has 0 aliphatic carbocycles. The van der Waals surface area contributed by atoms with E-state index < -0.39 is 12.0 Å². The summed E-state index contributed by atoms with van der Waals surface area (Å²) in [6.45, 7) is 4.26. The lowest BCUT2D eigenvalue weighted by atomic mass is 9.87. The van der Waals surface area contributed by atoms with Gasteiger partial charge in [-0.3, -0.25) is 20.1 Å². The van der Waals surface area contributed by atoms with Crippen LogP contribution in [0.15, 0.2) is 48.9 Å². The van der Waals surface area contributed by atoms with Crippen LogP contribution in [0.4, 0.5) is 0 Å². The summed E-state index contributed by atoms with van der Waals surface area (Å²) in [6, 6.07) is 11.5. The molecule has 1 aliphatic heterocycles. The zero-order chi connectivity index (χ0) is 22.1. The summed E-state index contributed by atoms with van der Waals surface area (Å²) in [5.41, 5.74) is 3.37. The van der Waals surface area contributed by atoms with E-state index in [0.717, 1.165) is 16.0 Å². The second-order valence-corrected chi connectivity index (χ2v) is 8.87. The van der Waals surface area contributed by atoms with E-state index in [1.54, 1.807) is 25.5 Å². The van der Waals surface area contributed by atoms with Crippen LogP contribution in [0.1, 0.15) is 53.4 Å². The molecule has 2 N–H and O–H groups in total. The summed E-state index contributed by atoms with van der Waals surface area (Å²) < 4.78 is 0. The van der Waals surface area contributed by atoms with Gasteiger partial charge in [0.1, 0.15) is 11.1 Å². The molecule has 7 nitrogen and oxygen atoms in total. The van der Waals surface area contributed by atoms with Crippen LogP contribution in [0.2, 0.25) is 0 Å². The smallest absolute Gasteiger partial charge is 0.239 e. The van der Waals surface area contributed by atoms with E-state index in [0.29, 0.717) is 16.5 Å². The fourth-order valence-electron chi connectivity index (χ4n) is 3.62. The molecule has 1 fully saturated rings. The Labute approximate surface area is 184 Å². The van der Waals surface area contributed by atoms with Crippen molar-refractivity contribution in [2.24, 2.45) is 0 Å². The van der Waals surface area contributed by atoms with Gasteiger partial charge in [-0.1, -0.05) is 38.1 Å². The van der Waals surface area contributed by atoms with Crippen LogP contribution in [0.25, 0.3) is 10.4 Å². The third-order valence-corrected chi connectivity index (χ3v) is 6.59. The predicted octanol–water partition coefficient (Wildman–Crippen LogP) is 4.02. The van der Waals surface area contributed by atoms with Gasteiger partial charge in [0.15, 0.2) is 5.96 Å². The average molecular weight is 431 g/mol. The Morgan fingerprint density at radius 2 is 1.97 bits per heavy atom. The number of hydrogen-bond acceptors (Lipinski definition) is 6. The maximum absolute atomic E-state index is 13.2. The second-order valence-electron chi connectivity index (χ2n) is 7.80. The van der Waals surface area contributed by atoms with E-state index >= 15 is 0 Å². The first-order valence-electron chi connectivity index (χ1n) is 9.92. The average Bonchev–Trinajstić information content (AvgIpc) is 3.27. The number of rotatable bonds is 4. The standard InChI is InChI=1S/C23H22N6OS/c1-13(2)15-4-6-16(7-5-15)19-20(28-23(25)29(3)22(19)30)21-27-12-18(31-21)17-8-14(9-24)10-26-11-17/h4-8,10-13,19-20H,1-3H3,(H2,25,28)/t19-,20-/m0/s1. The summed E-state index contributed by atoms with van der Waals surface area (Å²) in [4.78, 5) is 24.1. The number of likely N-dealkylation sites (N-methyl/N-ethyl adjacent to an activating group) is 1. The zero-order valence-electron chi connectivity index (χ0n) is 17.5.